The van der Waals surface area contributed by atoms with E-state index in [0.717, 1.165) is 16.7 Å². The number of esters is 2. The molecule has 2 aromatic carbocycles. The standard InChI is InChI=1S/C31H39N3O7/c1-5-40-28(37)18-16-25(31(39)41-6-2)33-30(38)29(21(3)4)34-27(36)20-32-26(35)17-15-22-11-10-14-24(19-22)23-12-8-7-9-13-23/h7-15,17,19,21,25,29H,5-6,16,18,20H2,1-4H3,(H,32,35)(H,33,38)(H,34,36)/b17-15+/t25-,29+/m1/s1. The second kappa shape index (κ2) is 17.3. The molecular weight excluding hydrogens is 526 g/mol. The summed E-state index contributed by atoms with van der Waals surface area (Å²) in [5.74, 6) is -3.19. The van der Waals surface area contributed by atoms with E-state index < -0.39 is 41.7 Å². The Morgan fingerprint density at radius 3 is 2.20 bits per heavy atom. The fraction of sp³-hybridized carbons (Fsp3) is 0.387. The topological polar surface area (TPSA) is 140 Å². The molecule has 3 N–H and O–H groups in total. The lowest BCUT2D eigenvalue weighted by Crippen LogP contribution is -2.55. The molecule has 0 saturated carbocycles. The van der Waals surface area contributed by atoms with Gasteiger partial charge in [-0.1, -0.05) is 62.4 Å². The molecule has 0 spiro atoms. The van der Waals surface area contributed by atoms with Crippen molar-refractivity contribution in [2.24, 2.45) is 5.92 Å². The molecule has 0 heterocycles. The SMILES string of the molecule is CCOC(=O)CC[C@@H](NC(=O)[C@@H](NC(=O)CNC(=O)/C=C/c1cccc(-c2ccccc2)c1)C(C)C)C(=O)OCC. The summed E-state index contributed by atoms with van der Waals surface area (Å²) in [6.45, 7) is 6.70. The molecular formula is C31H39N3O7. The van der Waals surface area contributed by atoms with Crippen LogP contribution in [0, 0.1) is 5.92 Å². The zero-order valence-corrected chi connectivity index (χ0v) is 24.0. The highest BCUT2D eigenvalue weighted by molar-refractivity contribution is 5.96. The number of carbonyl (C=O) groups is 5. The first-order valence-electron chi connectivity index (χ1n) is 13.7. The number of rotatable bonds is 15. The molecule has 0 aliphatic rings. The molecule has 2 atom stereocenters. The third-order valence-corrected chi connectivity index (χ3v) is 5.94. The van der Waals surface area contributed by atoms with Gasteiger partial charge in [-0.15, -0.1) is 0 Å². The second-order valence-electron chi connectivity index (χ2n) is 9.49. The fourth-order valence-electron chi connectivity index (χ4n) is 3.86. The molecule has 41 heavy (non-hydrogen) atoms. The molecule has 10 heteroatoms. The van der Waals surface area contributed by atoms with Gasteiger partial charge in [-0.2, -0.15) is 0 Å². The van der Waals surface area contributed by atoms with Crippen molar-refractivity contribution in [3.05, 3.63) is 66.2 Å². The highest BCUT2D eigenvalue weighted by Crippen LogP contribution is 2.20. The average Bonchev–Trinajstić information content (AvgIpc) is 2.96. The summed E-state index contributed by atoms with van der Waals surface area (Å²) in [5, 5.41) is 7.68. The van der Waals surface area contributed by atoms with E-state index in [1.807, 2.05) is 54.6 Å². The third kappa shape index (κ3) is 11.7. The van der Waals surface area contributed by atoms with Gasteiger partial charge in [0.1, 0.15) is 12.1 Å². The van der Waals surface area contributed by atoms with Crippen LogP contribution in [0.3, 0.4) is 0 Å². The number of amides is 3. The molecule has 0 aliphatic heterocycles. The molecule has 3 amide bonds. The van der Waals surface area contributed by atoms with Gasteiger partial charge < -0.3 is 25.4 Å². The van der Waals surface area contributed by atoms with Crippen LogP contribution in [0.4, 0.5) is 0 Å². The number of nitrogens with one attached hydrogen (secondary N) is 3. The van der Waals surface area contributed by atoms with Crippen molar-refractivity contribution in [1.29, 1.82) is 0 Å². The first-order valence-corrected chi connectivity index (χ1v) is 13.7. The van der Waals surface area contributed by atoms with Gasteiger partial charge in [-0.3, -0.25) is 19.2 Å². The number of benzene rings is 2. The summed E-state index contributed by atoms with van der Waals surface area (Å²) >= 11 is 0. The van der Waals surface area contributed by atoms with Crippen molar-refractivity contribution < 1.29 is 33.4 Å². The largest absolute Gasteiger partial charge is 0.466 e. The molecule has 0 saturated heterocycles. The molecule has 2 aromatic rings. The molecule has 0 fully saturated rings. The predicted octanol–water partition coefficient (Wildman–Crippen LogP) is 3.02. The van der Waals surface area contributed by atoms with E-state index >= 15 is 0 Å². The number of hydrogen-bond donors (Lipinski definition) is 3. The van der Waals surface area contributed by atoms with Gasteiger partial charge in [0.05, 0.1) is 19.8 Å². The van der Waals surface area contributed by atoms with Crippen molar-refractivity contribution in [3.63, 3.8) is 0 Å². The lowest BCUT2D eigenvalue weighted by Gasteiger charge is -2.24. The van der Waals surface area contributed by atoms with Crippen molar-refractivity contribution in [2.45, 2.75) is 52.6 Å². The Labute approximate surface area is 240 Å². The van der Waals surface area contributed by atoms with Gasteiger partial charge in [0, 0.05) is 12.5 Å². The van der Waals surface area contributed by atoms with E-state index in [1.54, 1.807) is 33.8 Å². The van der Waals surface area contributed by atoms with Gasteiger partial charge in [0.25, 0.3) is 0 Å². The number of hydrogen-bond acceptors (Lipinski definition) is 7. The lowest BCUT2D eigenvalue weighted by atomic mass is 10.0. The van der Waals surface area contributed by atoms with Crippen LogP contribution in [-0.2, 0) is 33.4 Å². The predicted molar refractivity (Wildman–Crippen MR) is 155 cm³/mol. The molecule has 0 aromatic heterocycles. The molecule has 0 aliphatic carbocycles. The van der Waals surface area contributed by atoms with Gasteiger partial charge in [-0.25, -0.2) is 4.79 Å². The van der Waals surface area contributed by atoms with Gasteiger partial charge in [0.2, 0.25) is 17.7 Å². The zero-order chi connectivity index (χ0) is 30.2. The maximum absolute atomic E-state index is 13.0. The van der Waals surface area contributed by atoms with E-state index in [1.165, 1.54) is 6.08 Å². The Balaban J connectivity index is 1.93. The first-order chi connectivity index (χ1) is 19.6. The Kier molecular flexibility index (Phi) is 13.8. The third-order valence-electron chi connectivity index (χ3n) is 5.94. The molecule has 0 unspecified atom stereocenters. The summed E-state index contributed by atoms with van der Waals surface area (Å²) < 4.78 is 9.91. The van der Waals surface area contributed by atoms with Gasteiger partial charge in [0.15, 0.2) is 0 Å². The van der Waals surface area contributed by atoms with Crippen LogP contribution in [0.5, 0.6) is 0 Å². The Morgan fingerprint density at radius 1 is 0.854 bits per heavy atom. The summed E-state index contributed by atoms with van der Waals surface area (Å²) in [6, 6.07) is 15.5. The Morgan fingerprint density at radius 2 is 1.54 bits per heavy atom. The second-order valence-corrected chi connectivity index (χ2v) is 9.49. The van der Waals surface area contributed by atoms with Crippen LogP contribution in [0.2, 0.25) is 0 Å². The minimum Gasteiger partial charge on any atom is -0.466 e. The summed E-state index contributed by atoms with van der Waals surface area (Å²) in [5.41, 5.74) is 2.89. The Hall–Kier alpha value is -4.47. The minimum atomic E-state index is -1.09. The van der Waals surface area contributed by atoms with Crippen molar-refractivity contribution in [2.75, 3.05) is 19.8 Å². The highest BCUT2D eigenvalue weighted by atomic mass is 16.5. The molecule has 0 radical (unpaired) electrons. The fourth-order valence-corrected chi connectivity index (χ4v) is 3.86. The smallest absolute Gasteiger partial charge is 0.328 e. The average molecular weight is 566 g/mol. The maximum atomic E-state index is 13.0. The van der Waals surface area contributed by atoms with E-state index in [4.69, 9.17) is 9.47 Å². The van der Waals surface area contributed by atoms with Crippen LogP contribution in [0.25, 0.3) is 17.2 Å². The van der Waals surface area contributed by atoms with E-state index in [0.29, 0.717) is 0 Å². The van der Waals surface area contributed by atoms with Crippen molar-refractivity contribution >= 4 is 35.7 Å². The Bertz CT molecular complexity index is 1210. The monoisotopic (exact) mass is 565 g/mol. The normalized spacial score (nSPS) is 12.3. The summed E-state index contributed by atoms with van der Waals surface area (Å²) in [4.78, 5) is 62.0. The van der Waals surface area contributed by atoms with E-state index in [9.17, 15) is 24.0 Å². The van der Waals surface area contributed by atoms with Crippen LogP contribution in [0.1, 0.15) is 46.1 Å². The van der Waals surface area contributed by atoms with Crippen LogP contribution < -0.4 is 16.0 Å². The molecule has 10 nitrogen and oxygen atoms in total. The molecule has 2 rings (SSSR count). The molecule has 220 valence electrons. The summed E-state index contributed by atoms with van der Waals surface area (Å²) in [7, 11) is 0. The van der Waals surface area contributed by atoms with Crippen LogP contribution >= 0.6 is 0 Å². The maximum Gasteiger partial charge on any atom is 0.328 e. The van der Waals surface area contributed by atoms with E-state index in [-0.39, 0.29) is 38.5 Å². The van der Waals surface area contributed by atoms with Crippen molar-refractivity contribution in [3.8, 4) is 11.1 Å². The number of ether oxygens (including phenoxy) is 2. The minimum absolute atomic E-state index is 0.0151. The first kappa shape index (κ1) is 32.7. The van der Waals surface area contributed by atoms with Gasteiger partial charge in [-0.05, 0) is 55.0 Å². The van der Waals surface area contributed by atoms with E-state index in [2.05, 4.69) is 16.0 Å². The van der Waals surface area contributed by atoms with Crippen LogP contribution in [0.15, 0.2) is 60.7 Å². The quantitative estimate of drug-likeness (QED) is 0.223. The van der Waals surface area contributed by atoms with Gasteiger partial charge >= 0.3 is 11.9 Å². The lowest BCUT2D eigenvalue weighted by molar-refractivity contribution is -0.149. The highest BCUT2D eigenvalue weighted by Gasteiger charge is 2.30. The number of carbonyl (C=O) groups excluding carboxylic acids is 5. The summed E-state index contributed by atoms with van der Waals surface area (Å²) in [6.07, 6.45) is 2.87. The van der Waals surface area contributed by atoms with Crippen LogP contribution in [-0.4, -0.2) is 61.5 Å². The van der Waals surface area contributed by atoms with Crippen molar-refractivity contribution in [1.82, 2.24) is 16.0 Å². The zero-order valence-electron chi connectivity index (χ0n) is 24.0. The molecule has 0 bridgehead atoms.